The first-order valence-electron chi connectivity index (χ1n) is 6.42. The lowest BCUT2D eigenvalue weighted by molar-refractivity contribution is 0.0660. The molecule has 0 unspecified atom stereocenters. The van der Waals surface area contributed by atoms with Crippen molar-refractivity contribution in [2.45, 2.75) is 18.9 Å². The minimum Gasteiger partial charge on any atom is -0.382 e. The van der Waals surface area contributed by atoms with Crippen molar-refractivity contribution in [2.75, 3.05) is 53.1 Å². The minimum absolute atomic E-state index is 0.706. The van der Waals surface area contributed by atoms with Gasteiger partial charge in [0.05, 0.1) is 13.2 Å². The molecule has 0 aromatic carbocycles. The largest absolute Gasteiger partial charge is 0.382 e. The van der Waals surface area contributed by atoms with E-state index >= 15 is 0 Å². The number of ether oxygens (including phenoxy) is 2. The van der Waals surface area contributed by atoms with Crippen molar-refractivity contribution in [1.29, 1.82) is 0 Å². The molecule has 0 aromatic rings. The average molecular weight is 228 g/mol. The van der Waals surface area contributed by atoms with Crippen LogP contribution in [-0.2, 0) is 9.47 Å². The molecule has 2 aliphatic heterocycles. The molecule has 0 amide bonds. The van der Waals surface area contributed by atoms with Crippen LogP contribution in [0.25, 0.3) is 0 Å². The van der Waals surface area contributed by atoms with Crippen molar-refractivity contribution in [1.82, 2.24) is 10.2 Å². The Bertz CT molecular complexity index is 189. The molecule has 4 heteroatoms. The van der Waals surface area contributed by atoms with Gasteiger partial charge in [-0.2, -0.15) is 0 Å². The van der Waals surface area contributed by atoms with E-state index in [0.29, 0.717) is 6.61 Å². The SMILES string of the molecule is COCCOCCCN1C[C@@H]2CCN[C@@H]2C1. The second-order valence-corrected chi connectivity index (χ2v) is 4.83. The third kappa shape index (κ3) is 3.42. The van der Waals surface area contributed by atoms with Crippen LogP contribution in [0.5, 0.6) is 0 Å². The van der Waals surface area contributed by atoms with E-state index in [4.69, 9.17) is 9.47 Å². The third-order valence-electron chi connectivity index (χ3n) is 3.63. The summed E-state index contributed by atoms with van der Waals surface area (Å²) in [5, 5.41) is 3.58. The second kappa shape index (κ2) is 6.55. The van der Waals surface area contributed by atoms with Crippen LogP contribution >= 0.6 is 0 Å². The summed E-state index contributed by atoms with van der Waals surface area (Å²) in [6.45, 7) is 7.23. The number of fused-ring (bicyclic) bond motifs is 1. The first kappa shape index (κ1) is 12.3. The van der Waals surface area contributed by atoms with Crippen LogP contribution in [0.1, 0.15) is 12.8 Å². The van der Waals surface area contributed by atoms with Crippen LogP contribution in [0.15, 0.2) is 0 Å². The molecule has 0 aliphatic carbocycles. The van der Waals surface area contributed by atoms with Crippen molar-refractivity contribution >= 4 is 0 Å². The monoisotopic (exact) mass is 228 g/mol. The predicted octanol–water partition coefficient (Wildman–Crippen LogP) is 0.333. The lowest BCUT2D eigenvalue weighted by Crippen LogP contribution is -2.31. The summed E-state index contributed by atoms with van der Waals surface area (Å²) in [6, 6.07) is 0.773. The van der Waals surface area contributed by atoms with Gasteiger partial charge in [0, 0.05) is 39.4 Å². The molecule has 0 saturated carbocycles. The van der Waals surface area contributed by atoms with E-state index in [1.807, 2.05) is 0 Å². The van der Waals surface area contributed by atoms with E-state index in [9.17, 15) is 0 Å². The van der Waals surface area contributed by atoms with E-state index < -0.39 is 0 Å². The zero-order valence-electron chi connectivity index (χ0n) is 10.3. The molecule has 2 saturated heterocycles. The fourth-order valence-electron chi connectivity index (χ4n) is 2.76. The van der Waals surface area contributed by atoms with Gasteiger partial charge < -0.3 is 19.7 Å². The summed E-state index contributed by atoms with van der Waals surface area (Å²) in [4.78, 5) is 2.57. The van der Waals surface area contributed by atoms with Gasteiger partial charge in [-0.1, -0.05) is 0 Å². The summed E-state index contributed by atoms with van der Waals surface area (Å²) in [5.74, 6) is 0.911. The molecule has 0 radical (unpaired) electrons. The molecule has 0 aromatic heterocycles. The molecule has 2 fully saturated rings. The Labute approximate surface area is 98.3 Å². The van der Waals surface area contributed by atoms with Crippen molar-refractivity contribution in [3.8, 4) is 0 Å². The molecule has 2 aliphatic rings. The number of hydrogen-bond donors (Lipinski definition) is 1. The highest BCUT2D eigenvalue weighted by molar-refractivity contribution is 4.93. The maximum Gasteiger partial charge on any atom is 0.0700 e. The minimum atomic E-state index is 0.706. The summed E-state index contributed by atoms with van der Waals surface area (Å²) in [6.07, 6.45) is 2.51. The second-order valence-electron chi connectivity index (χ2n) is 4.83. The highest BCUT2D eigenvalue weighted by Crippen LogP contribution is 2.24. The van der Waals surface area contributed by atoms with Crippen LogP contribution in [0.4, 0.5) is 0 Å². The zero-order chi connectivity index (χ0) is 11.2. The average Bonchev–Trinajstić information content (AvgIpc) is 2.83. The van der Waals surface area contributed by atoms with Crippen molar-refractivity contribution in [3.05, 3.63) is 0 Å². The van der Waals surface area contributed by atoms with E-state index in [1.165, 1.54) is 32.6 Å². The molecule has 2 rings (SSSR count). The lowest BCUT2D eigenvalue weighted by Gasteiger charge is -2.16. The molecule has 4 nitrogen and oxygen atoms in total. The normalized spacial score (nSPS) is 29.8. The molecule has 16 heavy (non-hydrogen) atoms. The van der Waals surface area contributed by atoms with Crippen LogP contribution in [-0.4, -0.2) is 64.1 Å². The first-order chi connectivity index (χ1) is 7.90. The first-order valence-corrected chi connectivity index (χ1v) is 6.42. The topological polar surface area (TPSA) is 33.7 Å². The van der Waals surface area contributed by atoms with Crippen molar-refractivity contribution in [3.63, 3.8) is 0 Å². The van der Waals surface area contributed by atoms with Gasteiger partial charge >= 0.3 is 0 Å². The fraction of sp³-hybridized carbons (Fsp3) is 1.00. The molecular formula is C12H24N2O2. The van der Waals surface area contributed by atoms with Crippen LogP contribution < -0.4 is 5.32 Å². The Kier molecular flexibility index (Phi) is 5.03. The molecule has 1 N–H and O–H groups in total. The zero-order valence-corrected chi connectivity index (χ0v) is 10.3. The van der Waals surface area contributed by atoms with Gasteiger partial charge in [0.15, 0.2) is 0 Å². The summed E-state index contributed by atoms with van der Waals surface area (Å²) in [5.41, 5.74) is 0. The Morgan fingerprint density at radius 2 is 2.19 bits per heavy atom. The predicted molar refractivity (Wildman–Crippen MR) is 63.6 cm³/mol. The lowest BCUT2D eigenvalue weighted by atomic mass is 10.1. The van der Waals surface area contributed by atoms with E-state index in [1.54, 1.807) is 7.11 Å². The molecule has 0 spiro atoms. The number of hydrogen-bond acceptors (Lipinski definition) is 4. The molecule has 2 atom stereocenters. The Balaban J connectivity index is 1.48. The summed E-state index contributed by atoms with van der Waals surface area (Å²) < 4.78 is 10.4. The fourth-order valence-corrected chi connectivity index (χ4v) is 2.76. The van der Waals surface area contributed by atoms with E-state index in [0.717, 1.165) is 31.6 Å². The van der Waals surface area contributed by atoms with Crippen LogP contribution in [0.2, 0.25) is 0 Å². The summed E-state index contributed by atoms with van der Waals surface area (Å²) in [7, 11) is 1.71. The maximum absolute atomic E-state index is 5.46. The van der Waals surface area contributed by atoms with Gasteiger partial charge in [-0.25, -0.2) is 0 Å². The van der Waals surface area contributed by atoms with Gasteiger partial charge in [-0.3, -0.25) is 0 Å². The van der Waals surface area contributed by atoms with E-state index in [2.05, 4.69) is 10.2 Å². The molecule has 0 bridgehead atoms. The number of nitrogens with one attached hydrogen (secondary N) is 1. The number of nitrogens with zero attached hydrogens (tertiary/aromatic N) is 1. The van der Waals surface area contributed by atoms with Gasteiger partial charge in [0.2, 0.25) is 0 Å². The highest BCUT2D eigenvalue weighted by atomic mass is 16.5. The molecule has 94 valence electrons. The standard InChI is InChI=1S/C12H24N2O2/c1-15-7-8-16-6-2-5-14-9-11-3-4-13-12(11)10-14/h11-13H,2-10H2,1H3/t11-,12+/m0/s1. The van der Waals surface area contributed by atoms with Gasteiger partial charge in [-0.15, -0.1) is 0 Å². The smallest absolute Gasteiger partial charge is 0.0700 e. The quantitative estimate of drug-likeness (QED) is 0.637. The van der Waals surface area contributed by atoms with Crippen molar-refractivity contribution < 1.29 is 9.47 Å². The van der Waals surface area contributed by atoms with Crippen LogP contribution in [0, 0.1) is 5.92 Å². The van der Waals surface area contributed by atoms with Gasteiger partial charge in [0.25, 0.3) is 0 Å². The Morgan fingerprint density at radius 3 is 3.00 bits per heavy atom. The van der Waals surface area contributed by atoms with Gasteiger partial charge in [0.1, 0.15) is 0 Å². The number of likely N-dealkylation sites (tertiary alicyclic amines) is 1. The maximum atomic E-state index is 5.46. The number of methoxy groups -OCH3 is 1. The molecule has 2 heterocycles. The molecular weight excluding hydrogens is 204 g/mol. The van der Waals surface area contributed by atoms with Crippen LogP contribution in [0.3, 0.4) is 0 Å². The highest BCUT2D eigenvalue weighted by Gasteiger charge is 2.35. The Hall–Kier alpha value is -0.160. The number of rotatable bonds is 7. The Morgan fingerprint density at radius 1 is 1.25 bits per heavy atom. The van der Waals surface area contributed by atoms with Gasteiger partial charge in [-0.05, 0) is 25.3 Å². The van der Waals surface area contributed by atoms with Crippen molar-refractivity contribution in [2.24, 2.45) is 5.92 Å². The third-order valence-corrected chi connectivity index (χ3v) is 3.63. The van der Waals surface area contributed by atoms with E-state index in [-0.39, 0.29) is 0 Å². The summed E-state index contributed by atoms with van der Waals surface area (Å²) >= 11 is 0.